The number of fused-ring (bicyclic) bond motifs is 2. The zero-order valence-corrected chi connectivity index (χ0v) is 20.8. The molecule has 0 saturated heterocycles. The van der Waals surface area contributed by atoms with Crippen molar-refractivity contribution >= 4 is 83.4 Å². The summed E-state index contributed by atoms with van der Waals surface area (Å²) in [6.45, 7) is -0.711. The quantitative estimate of drug-likeness (QED) is 0.157. The van der Waals surface area contributed by atoms with Crippen LogP contribution in [0.15, 0.2) is 55.8 Å². The van der Waals surface area contributed by atoms with E-state index in [2.05, 4.69) is 0 Å². The Balaban J connectivity index is 2.05. The summed E-state index contributed by atoms with van der Waals surface area (Å²) in [5.74, 6) is -0.952. The second-order valence-corrected chi connectivity index (χ2v) is 13.4. The molecular formula is C20H13NO11S4. The maximum atomic E-state index is 13.2. The molecular weight excluding hydrogens is 558 g/mol. The van der Waals surface area contributed by atoms with Crippen molar-refractivity contribution in [3.63, 3.8) is 0 Å². The van der Waals surface area contributed by atoms with Gasteiger partial charge in [0.2, 0.25) is 0 Å². The molecule has 0 saturated carbocycles. The van der Waals surface area contributed by atoms with Gasteiger partial charge in [-0.3, -0.25) is 27.8 Å². The third-order valence-electron chi connectivity index (χ3n) is 5.75. The summed E-state index contributed by atoms with van der Waals surface area (Å²) in [7, 11) is -14.1. The normalized spacial score (nSPS) is 13.4. The van der Waals surface area contributed by atoms with Gasteiger partial charge in [0.15, 0.2) is 0 Å². The molecule has 0 radical (unpaired) electrons. The van der Waals surface area contributed by atoms with Crippen molar-refractivity contribution in [2.45, 2.75) is 16.3 Å². The van der Waals surface area contributed by atoms with Crippen LogP contribution in [0.4, 0.5) is 0 Å². The molecule has 0 amide bonds. The molecule has 5 aromatic rings. The maximum absolute atomic E-state index is 13.2. The second kappa shape index (κ2) is 7.75. The molecule has 0 spiro atoms. The zero-order valence-electron chi connectivity index (χ0n) is 17.6. The van der Waals surface area contributed by atoms with Crippen molar-refractivity contribution in [1.82, 2.24) is 4.57 Å². The molecule has 2 aromatic heterocycles. The summed E-state index contributed by atoms with van der Waals surface area (Å²) in [5.41, 5.74) is -1.94. The summed E-state index contributed by atoms with van der Waals surface area (Å²) in [5, 5.41) is 0.227. The molecule has 0 aliphatic carbocycles. The number of pyridine rings is 1. The van der Waals surface area contributed by atoms with Gasteiger partial charge in [-0.2, -0.15) is 25.3 Å². The first-order valence-corrected chi connectivity index (χ1v) is 15.1. The van der Waals surface area contributed by atoms with Gasteiger partial charge in [0.05, 0.1) is 20.7 Å². The van der Waals surface area contributed by atoms with Crippen LogP contribution in [0.25, 0.3) is 41.7 Å². The molecule has 0 aliphatic rings. The van der Waals surface area contributed by atoms with Gasteiger partial charge >= 0.3 is 0 Å². The third-order valence-corrected chi connectivity index (χ3v) is 9.51. The Morgan fingerprint density at radius 3 is 1.97 bits per heavy atom. The molecule has 0 bridgehead atoms. The minimum Gasteiger partial charge on any atom is -0.285 e. The lowest BCUT2D eigenvalue weighted by Crippen LogP contribution is -2.35. The summed E-state index contributed by atoms with van der Waals surface area (Å²) in [6, 6.07) is 7.20. The van der Waals surface area contributed by atoms with Crippen molar-refractivity contribution in [2.75, 3.05) is 5.75 Å². The lowest BCUT2D eigenvalue weighted by atomic mass is 9.97. The van der Waals surface area contributed by atoms with Crippen molar-refractivity contribution < 1.29 is 38.9 Å². The van der Waals surface area contributed by atoms with Gasteiger partial charge in [0, 0.05) is 32.8 Å². The van der Waals surface area contributed by atoms with Crippen molar-refractivity contribution in [3.05, 3.63) is 57.1 Å². The summed E-state index contributed by atoms with van der Waals surface area (Å²) < 4.78 is 99.7. The van der Waals surface area contributed by atoms with Gasteiger partial charge < -0.3 is 0 Å². The van der Waals surface area contributed by atoms with Gasteiger partial charge in [-0.1, -0.05) is 6.07 Å². The highest BCUT2D eigenvalue weighted by atomic mass is 32.2. The molecule has 0 fully saturated rings. The van der Waals surface area contributed by atoms with Crippen molar-refractivity contribution in [2.24, 2.45) is 0 Å². The average molecular weight is 572 g/mol. The fourth-order valence-electron chi connectivity index (χ4n) is 4.25. The van der Waals surface area contributed by atoms with E-state index in [-0.39, 0.29) is 37.0 Å². The topological polar surface area (TPSA) is 202 Å². The third kappa shape index (κ3) is 3.86. The van der Waals surface area contributed by atoms with E-state index >= 15 is 0 Å². The minimum atomic E-state index is -4.91. The monoisotopic (exact) mass is 571 g/mol. The summed E-state index contributed by atoms with van der Waals surface area (Å²) in [6.07, 6.45) is 0. The second-order valence-electron chi connectivity index (χ2n) is 7.92. The summed E-state index contributed by atoms with van der Waals surface area (Å²) in [4.78, 5) is 25.2. The van der Waals surface area contributed by atoms with E-state index < -0.39 is 63.6 Å². The minimum absolute atomic E-state index is 0.00723. The molecule has 16 heteroatoms. The molecule has 3 N–H and O–H groups in total. The van der Waals surface area contributed by atoms with E-state index in [1.54, 1.807) is 0 Å². The predicted octanol–water partition coefficient (Wildman–Crippen LogP) is 1.70. The lowest BCUT2D eigenvalue weighted by Gasteiger charge is -2.16. The highest BCUT2D eigenvalue weighted by Gasteiger charge is 2.25. The zero-order chi connectivity index (χ0) is 26.4. The van der Waals surface area contributed by atoms with Crippen LogP contribution in [-0.2, 0) is 36.9 Å². The Kier molecular flexibility index (Phi) is 5.32. The lowest BCUT2D eigenvalue weighted by molar-refractivity contribution is 0.476. The van der Waals surface area contributed by atoms with Crippen LogP contribution in [0.3, 0.4) is 0 Å². The highest BCUT2D eigenvalue weighted by Crippen LogP contribution is 2.43. The molecule has 3 aromatic carbocycles. The Morgan fingerprint density at radius 1 is 0.722 bits per heavy atom. The number of nitrogens with zero attached hydrogens (tertiary/aromatic N) is 1. The Bertz CT molecular complexity index is 2210. The number of rotatable bonds is 5. The van der Waals surface area contributed by atoms with Gasteiger partial charge in [-0.25, -0.2) is 0 Å². The smallest absolute Gasteiger partial charge is 0.285 e. The Hall–Kier alpha value is -2.99. The van der Waals surface area contributed by atoms with E-state index in [4.69, 9.17) is 4.55 Å². The van der Waals surface area contributed by atoms with E-state index in [9.17, 15) is 43.9 Å². The number of hydrogen-bond acceptors (Lipinski definition) is 9. The largest absolute Gasteiger partial charge is 0.295 e. The molecule has 5 rings (SSSR count). The molecule has 0 unspecified atom stereocenters. The van der Waals surface area contributed by atoms with Crippen LogP contribution in [0.2, 0.25) is 0 Å². The van der Waals surface area contributed by atoms with Crippen LogP contribution in [0.5, 0.6) is 0 Å². The fourth-order valence-corrected chi connectivity index (χ4v) is 7.32. The van der Waals surface area contributed by atoms with Gasteiger partial charge in [-0.05, 0) is 35.7 Å². The van der Waals surface area contributed by atoms with E-state index in [0.29, 0.717) is 9.27 Å². The predicted molar refractivity (Wildman–Crippen MR) is 132 cm³/mol. The van der Waals surface area contributed by atoms with Crippen LogP contribution >= 0.6 is 11.3 Å². The maximum Gasteiger partial charge on any atom is 0.295 e. The Labute approximate surface area is 205 Å². The fraction of sp³-hybridized carbons (Fsp3) is 0.100. The van der Waals surface area contributed by atoms with Crippen LogP contribution in [0.1, 0.15) is 0 Å². The van der Waals surface area contributed by atoms with E-state index in [1.807, 2.05) is 0 Å². The molecule has 188 valence electrons. The van der Waals surface area contributed by atoms with Gasteiger partial charge in [0.25, 0.3) is 41.5 Å². The van der Waals surface area contributed by atoms with E-state index in [1.165, 1.54) is 18.2 Å². The first kappa shape index (κ1) is 24.7. The van der Waals surface area contributed by atoms with Gasteiger partial charge in [0.1, 0.15) is 4.90 Å². The first-order valence-electron chi connectivity index (χ1n) is 9.80. The van der Waals surface area contributed by atoms with E-state index in [0.717, 1.165) is 29.5 Å². The number of hydrogen-bond donors (Lipinski definition) is 3. The van der Waals surface area contributed by atoms with Crippen LogP contribution in [0, 0.1) is 0 Å². The van der Waals surface area contributed by atoms with Gasteiger partial charge in [-0.15, -0.1) is 11.3 Å². The Morgan fingerprint density at radius 2 is 1.36 bits per heavy atom. The first-order chi connectivity index (χ1) is 16.6. The highest BCUT2D eigenvalue weighted by molar-refractivity contribution is 7.86. The summed E-state index contributed by atoms with van der Waals surface area (Å²) >= 11 is 0.852. The molecule has 12 nitrogen and oxygen atoms in total. The molecule has 0 atom stereocenters. The SMILES string of the molecule is O=c1c2ccc3c4cc(S(=O)(=O)O)ccc4sc4c(S(=O)(=O)O)cc(c(=O)n1CCS(=O)(=O)O)c2c43. The number of benzene rings is 3. The average Bonchev–Trinajstić information content (AvgIpc) is 2.76. The van der Waals surface area contributed by atoms with Crippen LogP contribution < -0.4 is 11.1 Å². The van der Waals surface area contributed by atoms with Crippen LogP contribution in [-0.4, -0.2) is 49.2 Å². The standard InChI is InChI=1S/C20H13NO11S4/c22-19-11-3-2-10-12-7-9(35(27,28)29)1-4-14(12)33-18-15(36(30,31)32)8-13(16(11)17(10)18)20(23)21(19)5-6-34(24,25)26/h1-4,7-8H,5-6H2,(H,24,25,26)(H,27,28,29)(H,30,31,32). The molecule has 2 heterocycles. The van der Waals surface area contributed by atoms with Crippen molar-refractivity contribution in [1.29, 1.82) is 0 Å². The molecule has 0 aliphatic heterocycles. The number of aromatic nitrogens is 1. The molecule has 36 heavy (non-hydrogen) atoms. The van der Waals surface area contributed by atoms with Crippen molar-refractivity contribution in [3.8, 4) is 0 Å².